The molecule has 0 aliphatic heterocycles. The van der Waals surface area contributed by atoms with Gasteiger partial charge in [0.1, 0.15) is 5.82 Å². The molecule has 2 aromatic carbocycles. The number of benzene rings is 2. The van der Waals surface area contributed by atoms with Gasteiger partial charge in [-0.3, -0.25) is 0 Å². The lowest BCUT2D eigenvalue weighted by molar-refractivity contribution is -0.249. The molecule has 1 aliphatic rings. The second-order valence-electron chi connectivity index (χ2n) is 9.36. The fourth-order valence-electron chi connectivity index (χ4n) is 4.82. The van der Waals surface area contributed by atoms with Crippen LogP contribution >= 0.6 is 0 Å². The van der Waals surface area contributed by atoms with Crippen molar-refractivity contribution in [3.05, 3.63) is 95.3 Å². The van der Waals surface area contributed by atoms with Crippen molar-refractivity contribution in [3.63, 3.8) is 0 Å². The van der Waals surface area contributed by atoms with Gasteiger partial charge in [0.15, 0.2) is 0 Å². The Hall–Kier alpha value is -2.33. The van der Waals surface area contributed by atoms with E-state index in [9.17, 15) is 13.2 Å². The van der Waals surface area contributed by atoms with Crippen LogP contribution in [0, 0.1) is 11.7 Å². The molecule has 1 nitrogen and oxygen atoms in total. The molecule has 34 heavy (non-hydrogen) atoms. The summed E-state index contributed by atoms with van der Waals surface area (Å²) in [5.41, 5.74) is 2.26. The van der Waals surface area contributed by atoms with E-state index in [-0.39, 0.29) is 12.5 Å². The van der Waals surface area contributed by atoms with Gasteiger partial charge in [-0.15, -0.1) is 6.58 Å². The van der Waals surface area contributed by atoms with Crippen LogP contribution in [0.25, 0.3) is 0 Å². The molecule has 0 saturated heterocycles. The third kappa shape index (κ3) is 7.59. The molecule has 0 radical (unpaired) electrons. The van der Waals surface area contributed by atoms with E-state index in [1.54, 1.807) is 6.07 Å². The number of rotatable bonds is 12. The molecule has 2 aromatic rings. The van der Waals surface area contributed by atoms with Gasteiger partial charge in [-0.2, -0.15) is 8.78 Å². The zero-order valence-corrected chi connectivity index (χ0v) is 20.2. The Bertz CT molecular complexity index is 925. The van der Waals surface area contributed by atoms with Crippen molar-refractivity contribution >= 4 is 0 Å². The second kappa shape index (κ2) is 12.9. The van der Waals surface area contributed by atoms with Crippen LogP contribution in [0.3, 0.4) is 0 Å². The number of aryl methyl sites for hydroxylation is 1. The van der Waals surface area contributed by atoms with Crippen LogP contribution in [-0.2, 0) is 23.7 Å². The summed E-state index contributed by atoms with van der Waals surface area (Å²) in [6.45, 7) is 5.60. The van der Waals surface area contributed by atoms with Gasteiger partial charge in [0.05, 0.1) is 12.2 Å². The summed E-state index contributed by atoms with van der Waals surface area (Å²) in [4.78, 5) is 0. The van der Waals surface area contributed by atoms with Gasteiger partial charge in [0, 0.05) is 0 Å². The largest absolute Gasteiger partial charge is 0.386 e. The molecule has 3 rings (SSSR count). The first-order chi connectivity index (χ1) is 16.4. The van der Waals surface area contributed by atoms with Crippen LogP contribution in [0.5, 0.6) is 0 Å². The Morgan fingerprint density at radius 3 is 2.26 bits per heavy atom. The number of alkyl halides is 2. The lowest BCUT2D eigenvalue weighted by Gasteiger charge is -2.29. The quantitative estimate of drug-likeness (QED) is 0.281. The highest BCUT2D eigenvalue weighted by Gasteiger charge is 2.36. The van der Waals surface area contributed by atoms with E-state index in [0.29, 0.717) is 12.3 Å². The van der Waals surface area contributed by atoms with Gasteiger partial charge in [-0.25, -0.2) is 4.39 Å². The van der Waals surface area contributed by atoms with Crippen LogP contribution in [-0.4, -0.2) is 6.61 Å². The molecule has 0 heterocycles. The molecule has 0 aromatic heterocycles. The SMILES string of the molecule is C=CCCC1CCC(c2ccc(C(F)(F)OCCc3ccc(CC/C=C/C)cc3)c(F)c2)CC1. The number of hydrogen-bond donors (Lipinski definition) is 0. The van der Waals surface area contributed by atoms with Gasteiger partial charge >= 0.3 is 6.11 Å². The predicted molar refractivity (Wildman–Crippen MR) is 134 cm³/mol. The van der Waals surface area contributed by atoms with Crippen LogP contribution in [0.1, 0.15) is 80.0 Å². The number of allylic oxidation sites excluding steroid dienone is 3. The van der Waals surface area contributed by atoms with Gasteiger partial charge < -0.3 is 4.74 Å². The normalized spacial score (nSPS) is 18.9. The summed E-state index contributed by atoms with van der Waals surface area (Å²) in [7, 11) is 0. The van der Waals surface area contributed by atoms with E-state index < -0.39 is 17.5 Å². The van der Waals surface area contributed by atoms with E-state index in [1.807, 2.05) is 43.3 Å². The molecule has 0 spiro atoms. The average molecular weight is 471 g/mol. The minimum atomic E-state index is -3.66. The molecular formula is C30H37F3O. The zero-order chi connectivity index (χ0) is 24.4. The molecule has 4 heteroatoms. The highest BCUT2D eigenvalue weighted by Crippen LogP contribution is 2.39. The van der Waals surface area contributed by atoms with Crippen molar-refractivity contribution in [1.82, 2.24) is 0 Å². The predicted octanol–water partition coefficient (Wildman–Crippen LogP) is 8.88. The van der Waals surface area contributed by atoms with Gasteiger partial charge in [0.25, 0.3) is 0 Å². The minimum absolute atomic E-state index is 0.180. The van der Waals surface area contributed by atoms with Crippen LogP contribution in [0.2, 0.25) is 0 Å². The first-order valence-corrected chi connectivity index (χ1v) is 12.5. The summed E-state index contributed by atoms with van der Waals surface area (Å²) in [5.74, 6) is 0.0336. The van der Waals surface area contributed by atoms with Crippen LogP contribution in [0.4, 0.5) is 13.2 Å². The third-order valence-corrected chi connectivity index (χ3v) is 6.94. The Balaban J connectivity index is 1.51. The minimum Gasteiger partial charge on any atom is -0.316 e. The highest BCUT2D eigenvalue weighted by molar-refractivity contribution is 5.29. The molecule has 0 atom stereocenters. The highest BCUT2D eigenvalue weighted by atomic mass is 19.3. The number of hydrogen-bond acceptors (Lipinski definition) is 1. The second-order valence-corrected chi connectivity index (χ2v) is 9.36. The summed E-state index contributed by atoms with van der Waals surface area (Å²) >= 11 is 0. The number of halogens is 3. The summed E-state index contributed by atoms with van der Waals surface area (Å²) < 4.78 is 48.8. The summed E-state index contributed by atoms with van der Waals surface area (Å²) in [5, 5.41) is 0. The average Bonchev–Trinajstić information content (AvgIpc) is 2.84. The maximum atomic E-state index is 14.7. The molecule has 0 amide bonds. The van der Waals surface area contributed by atoms with Crippen LogP contribution in [0.15, 0.2) is 67.3 Å². The van der Waals surface area contributed by atoms with E-state index in [4.69, 9.17) is 4.74 Å². The smallest absolute Gasteiger partial charge is 0.316 e. The molecule has 1 saturated carbocycles. The molecule has 0 N–H and O–H groups in total. The number of ether oxygens (including phenoxy) is 1. The molecule has 1 aliphatic carbocycles. The van der Waals surface area contributed by atoms with Gasteiger partial charge in [0.2, 0.25) is 0 Å². The van der Waals surface area contributed by atoms with Crippen molar-refractivity contribution in [2.75, 3.05) is 6.61 Å². The van der Waals surface area contributed by atoms with E-state index >= 15 is 0 Å². The van der Waals surface area contributed by atoms with Crippen molar-refractivity contribution < 1.29 is 17.9 Å². The monoisotopic (exact) mass is 470 g/mol. The standard InChI is InChI=1S/C30H37F3O/c1-3-5-7-9-24-10-12-25(13-11-24)20-21-34-30(32,33)28-19-18-27(22-29(28)31)26-16-14-23(15-17-26)8-6-4-2/h3-5,10-13,18-19,22-23,26H,2,6-9,14-17,20-21H2,1H3/b5-3+. The Labute approximate surface area is 202 Å². The maximum absolute atomic E-state index is 14.7. The zero-order valence-electron chi connectivity index (χ0n) is 20.2. The summed E-state index contributed by atoms with van der Waals surface area (Å²) in [6.07, 6.45) is 11.0. The lowest BCUT2D eigenvalue weighted by Crippen LogP contribution is -2.22. The third-order valence-electron chi connectivity index (χ3n) is 6.94. The topological polar surface area (TPSA) is 9.23 Å². The van der Waals surface area contributed by atoms with E-state index in [2.05, 4.69) is 12.7 Å². The fourth-order valence-corrected chi connectivity index (χ4v) is 4.82. The summed E-state index contributed by atoms with van der Waals surface area (Å²) in [6, 6.07) is 12.0. The van der Waals surface area contributed by atoms with Gasteiger partial charge in [-0.1, -0.05) is 48.6 Å². The molecule has 0 bridgehead atoms. The Kier molecular flexibility index (Phi) is 10.0. The van der Waals surface area contributed by atoms with E-state index in [1.165, 1.54) is 17.7 Å². The Morgan fingerprint density at radius 1 is 0.971 bits per heavy atom. The Morgan fingerprint density at radius 2 is 1.65 bits per heavy atom. The molecule has 0 unspecified atom stereocenters. The molecule has 184 valence electrons. The van der Waals surface area contributed by atoms with Gasteiger partial charge in [-0.05, 0) is 105 Å². The van der Waals surface area contributed by atoms with Crippen molar-refractivity contribution in [2.24, 2.45) is 5.92 Å². The fraction of sp³-hybridized carbons (Fsp3) is 0.467. The molecular weight excluding hydrogens is 433 g/mol. The van der Waals surface area contributed by atoms with Crippen LogP contribution < -0.4 is 0 Å². The molecule has 1 fully saturated rings. The van der Waals surface area contributed by atoms with Crippen molar-refractivity contribution in [1.29, 1.82) is 0 Å². The van der Waals surface area contributed by atoms with Crippen molar-refractivity contribution in [2.45, 2.75) is 76.7 Å². The van der Waals surface area contributed by atoms with E-state index in [0.717, 1.165) is 62.5 Å². The maximum Gasteiger partial charge on any atom is 0.386 e. The van der Waals surface area contributed by atoms with Crippen molar-refractivity contribution in [3.8, 4) is 0 Å². The first kappa shape index (κ1) is 26.3. The first-order valence-electron chi connectivity index (χ1n) is 12.5. The lowest BCUT2D eigenvalue weighted by atomic mass is 9.77.